The minimum absolute atomic E-state index is 0.0874. The summed E-state index contributed by atoms with van der Waals surface area (Å²) < 4.78 is 4.05. The zero-order valence-corrected chi connectivity index (χ0v) is 15.4. The maximum Gasteiger partial charge on any atom is 0.317 e. The van der Waals surface area contributed by atoms with Crippen LogP contribution in [0.4, 0.5) is 0 Å². The molecule has 140 valence electrons. The van der Waals surface area contributed by atoms with Crippen LogP contribution < -0.4 is 0 Å². The Labute approximate surface area is 157 Å². The van der Waals surface area contributed by atoms with Crippen LogP contribution in [-0.2, 0) is 11.3 Å². The second-order valence-corrected chi connectivity index (χ2v) is 6.83. The predicted octanol–water partition coefficient (Wildman–Crippen LogP) is 2.81. The van der Waals surface area contributed by atoms with Crippen molar-refractivity contribution in [1.29, 1.82) is 0 Å². The maximum absolute atomic E-state index is 10.9. The number of hydrogen-bond acceptors (Lipinski definition) is 4. The van der Waals surface area contributed by atoms with E-state index in [1.54, 1.807) is 0 Å². The van der Waals surface area contributed by atoms with Gasteiger partial charge in [-0.2, -0.15) is 5.10 Å². The molecule has 2 aromatic heterocycles. The van der Waals surface area contributed by atoms with E-state index in [4.69, 9.17) is 10.1 Å². The second-order valence-electron chi connectivity index (χ2n) is 6.83. The van der Waals surface area contributed by atoms with Crippen molar-refractivity contribution in [3.63, 3.8) is 0 Å². The van der Waals surface area contributed by atoms with Crippen molar-refractivity contribution >= 4 is 22.6 Å². The van der Waals surface area contributed by atoms with Crippen molar-refractivity contribution in [3.05, 3.63) is 48.3 Å². The molecule has 1 aliphatic heterocycles. The van der Waals surface area contributed by atoms with Gasteiger partial charge >= 0.3 is 5.97 Å². The van der Waals surface area contributed by atoms with E-state index in [9.17, 15) is 4.79 Å². The largest absolute Gasteiger partial charge is 0.480 e. The fraction of sp³-hybridized carbons (Fsp3) is 0.350. The summed E-state index contributed by atoms with van der Waals surface area (Å²) in [7, 11) is 0. The van der Waals surface area contributed by atoms with E-state index in [2.05, 4.69) is 28.7 Å². The molecular formula is C20H23N5O2. The zero-order valence-electron chi connectivity index (χ0n) is 15.4. The summed E-state index contributed by atoms with van der Waals surface area (Å²) in [6.45, 7) is 4.53. The van der Waals surface area contributed by atoms with Gasteiger partial charge in [-0.3, -0.25) is 9.69 Å². The van der Waals surface area contributed by atoms with Crippen LogP contribution in [0, 0.1) is 0 Å². The molecule has 0 bridgehead atoms. The summed E-state index contributed by atoms with van der Waals surface area (Å²) in [5.41, 5.74) is 4.37. The van der Waals surface area contributed by atoms with Crippen LogP contribution >= 0.6 is 0 Å². The standard InChI is InChI=1S/C20H23N5O2/c1-2-9-24-18-6-4-3-5-17(18)22-20(24)25-13-16(12-21-25)15-7-10-23(11-8-15)14-19(26)27/h3-7,12-13H,2,8-11,14H2,1H3,(H,26,27). The Morgan fingerprint density at radius 2 is 2.15 bits per heavy atom. The minimum Gasteiger partial charge on any atom is -0.480 e. The summed E-state index contributed by atoms with van der Waals surface area (Å²) >= 11 is 0. The van der Waals surface area contributed by atoms with Crippen molar-refractivity contribution in [2.45, 2.75) is 26.3 Å². The van der Waals surface area contributed by atoms with Gasteiger partial charge in [0.2, 0.25) is 5.95 Å². The Morgan fingerprint density at radius 3 is 2.89 bits per heavy atom. The highest BCUT2D eigenvalue weighted by molar-refractivity contribution is 5.77. The quantitative estimate of drug-likeness (QED) is 0.727. The second kappa shape index (κ2) is 7.36. The molecule has 0 aliphatic carbocycles. The predicted molar refractivity (Wildman–Crippen MR) is 104 cm³/mol. The number of carboxylic acids is 1. The van der Waals surface area contributed by atoms with Gasteiger partial charge < -0.3 is 9.67 Å². The minimum atomic E-state index is -0.783. The van der Waals surface area contributed by atoms with E-state index in [1.165, 1.54) is 5.57 Å². The lowest BCUT2D eigenvalue weighted by Gasteiger charge is -2.24. The number of aliphatic carboxylic acids is 1. The molecule has 3 heterocycles. The van der Waals surface area contributed by atoms with E-state index in [0.717, 1.165) is 48.5 Å². The van der Waals surface area contributed by atoms with Gasteiger partial charge in [0.05, 0.1) is 23.8 Å². The number of carboxylic acid groups (broad SMARTS) is 1. The number of benzene rings is 1. The third-order valence-corrected chi connectivity index (χ3v) is 4.89. The number of aryl methyl sites for hydroxylation is 1. The average Bonchev–Trinajstić information content (AvgIpc) is 3.28. The third-order valence-electron chi connectivity index (χ3n) is 4.89. The first kappa shape index (κ1) is 17.5. The van der Waals surface area contributed by atoms with E-state index >= 15 is 0 Å². The van der Waals surface area contributed by atoms with Gasteiger partial charge in [-0.1, -0.05) is 25.1 Å². The van der Waals surface area contributed by atoms with Gasteiger partial charge in [-0.25, -0.2) is 9.67 Å². The molecule has 27 heavy (non-hydrogen) atoms. The number of hydrogen-bond donors (Lipinski definition) is 1. The van der Waals surface area contributed by atoms with Crippen LogP contribution in [0.1, 0.15) is 25.3 Å². The Bertz CT molecular complexity index is 1000. The lowest BCUT2D eigenvalue weighted by Crippen LogP contribution is -2.33. The van der Waals surface area contributed by atoms with Gasteiger partial charge in [0.25, 0.3) is 0 Å². The number of imidazole rings is 1. The fourth-order valence-electron chi connectivity index (χ4n) is 3.59. The molecule has 0 saturated heterocycles. The van der Waals surface area contributed by atoms with Crippen molar-refractivity contribution in [2.24, 2.45) is 0 Å². The molecule has 0 saturated carbocycles. The monoisotopic (exact) mass is 365 g/mol. The van der Waals surface area contributed by atoms with Gasteiger partial charge in [-0.15, -0.1) is 0 Å². The summed E-state index contributed by atoms with van der Waals surface area (Å²) in [6, 6.07) is 8.15. The summed E-state index contributed by atoms with van der Waals surface area (Å²) in [6.07, 6.45) is 7.83. The highest BCUT2D eigenvalue weighted by Crippen LogP contribution is 2.24. The summed E-state index contributed by atoms with van der Waals surface area (Å²) in [4.78, 5) is 17.6. The molecule has 0 spiro atoms. The molecule has 7 nitrogen and oxygen atoms in total. The first-order valence-corrected chi connectivity index (χ1v) is 9.29. The van der Waals surface area contributed by atoms with Gasteiger partial charge in [0.1, 0.15) is 0 Å². The molecule has 0 radical (unpaired) electrons. The van der Waals surface area contributed by atoms with Crippen LogP contribution in [0.25, 0.3) is 22.6 Å². The normalized spacial score (nSPS) is 15.2. The lowest BCUT2D eigenvalue weighted by molar-refractivity contribution is -0.138. The molecule has 4 rings (SSSR count). The van der Waals surface area contributed by atoms with E-state index in [-0.39, 0.29) is 6.54 Å². The zero-order chi connectivity index (χ0) is 18.8. The molecule has 0 fully saturated rings. The van der Waals surface area contributed by atoms with Crippen molar-refractivity contribution < 1.29 is 9.90 Å². The SMILES string of the molecule is CCCn1c(-n2cc(C3=CCN(CC(=O)O)CC3)cn2)nc2ccccc21. The molecule has 0 amide bonds. The molecular weight excluding hydrogens is 342 g/mol. The smallest absolute Gasteiger partial charge is 0.317 e. The molecule has 0 unspecified atom stereocenters. The number of aromatic nitrogens is 4. The van der Waals surface area contributed by atoms with E-state index < -0.39 is 5.97 Å². The van der Waals surface area contributed by atoms with Gasteiger partial charge in [0.15, 0.2) is 0 Å². The summed E-state index contributed by atoms with van der Waals surface area (Å²) in [5.74, 6) is 0.0442. The van der Waals surface area contributed by atoms with Crippen LogP contribution in [0.2, 0.25) is 0 Å². The number of nitrogens with zero attached hydrogens (tertiary/aromatic N) is 5. The Morgan fingerprint density at radius 1 is 1.30 bits per heavy atom. The number of para-hydroxylation sites is 2. The molecule has 1 aliphatic rings. The molecule has 3 aromatic rings. The van der Waals surface area contributed by atoms with Crippen LogP contribution in [0.15, 0.2) is 42.7 Å². The third kappa shape index (κ3) is 3.50. The average molecular weight is 365 g/mol. The summed E-state index contributed by atoms with van der Waals surface area (Å²) in [5, 5.41) is 13.5. The highest BCUT2D eigenvalue weighted by atomic mass is 16.4. The van der Waals surface area contributed by atoms with Crippen LogP contribution in [-0.4, -0.2) is 54.9 Å². The van der Waals surface area contributed by atoms with Crippen molar-refractivity contribution in [1.82, 2.24) is 24.2 Å². The number of rotatable bonds is 6. The van der Waals surface area contributed by atoms with E-state index in [1.807, 2.05) is 40.2 Å². The topological polar surface area (TPSA) is 76.2 Å². The molecule has 0 atom stereocenters. The first-order chi connectivity index (χ1) is 13.2. The molecule has 1 aromatic carbocycles. The number of fused-ring (bicyclic) bond motifs is 1. The van der Waals surface area contributed by atoms with Gasteiger partial charge in [-0.05, 0) is 30.5 Å². The Balaban J connectivity index is 1.62. The van der Waals surface area contributed by atoms with Crippen LogP contribution in [0.5, 0.6) is 0 Å². The van der Waals surface area contributed by atoms with Crippen LogP contribution in [0.3, 0.4) is 0 Å². The van der Waals surface area contributed by atoms with Gasteiger partial charge in [0, 0.05) is 31.4 Å². The molecule has 7 heteroatoms. The van der Waals surface area contributed by atoms with E-state index in [0.29, 0.717) is 6.54 Å². The number of carbonyl (C=O) groups is 1. The van der Waals surface area contributed by atoms with Crippen molar-refractivity contribution in [3.8, 4) is 5.95 Å². The van der Waals surface area contributed by atoms with Crippen molar-refractivity contribution in [2.75, 3.05) is 19.6 Å². The highest BCUT2D eigenvalue weighted by Gasteiger charge is 2.18. The maximum atomic E-state index is 10.9. The Kier molecular flexibility index (Phi) is 4.77. The molecule has 1 N–H and O–H groups in total. The first-order valence-electron chi connectivity index (χ1n) is 9.29. The fourth-order valence-corrected chi connectivity index (χ4v) is 3.59. The Hall–Kier alpha value is -2.93. The lowest BCUT2D eigenvalue weighted by atomic mass is 10.0.